The van der Waals surface area contributed by atoms with E-state index in [1.165, 1.54) is 0 Å². The molecule has 4 heterocycles. The van der Waals surface area contributed by atoms with E-state index in [1.807, 2.05) is 12.3 Å². The van der Waals surface area contributed by atoms with Gasteiger partial charge in [0.25, 0.3) is 0 Å². The number of carbonyl (C=O) groups is 1. The number of rotatable bonds is 4. The zero-order valence-electron chi connectivity index (χ0n) is 16.1. The molecule has 3 saturated heterocycles. The number of fused-ring (bicyclic) bond motifs is 1. The number of amides is 1. The van der Waals surface area contributed by atoms with Crippen molar-refractivity contribution in [1.29, 1.82) is 0 Å². The van der Waals surface area contributed by atoms with Crippen molar-refractivity contribution in [2.24, 2.45) is 10.8 Å². The minimum Gasteiger partial charge on any atom is -0.356 e. The molecule has 7 nitrogen and oxygen atoms in total. The molecule has 2 spiro atoms. The summed E-state index contributed by atoms with van der Waals surface area (Å²) in [6, 6.07) is 4.02. The van der Waals surface area contributed by atoms with Crippen LogP contribution in [-0.2, 0) is 21.4 Å². The molecule has 5 rings (SSSR count). The number of hydrogen-bond acceptors (Lipinski definition) is 5. The predicted molar refractivity (Wildman–Crippen MR) is 105 cm³/mol. The van der Waals surface area contributed by atoms with Crippen molar-refractivity contribution >= 4 is 15.9 Å². The van der Waals surface area contributed by atoms with Gasteiger partial charge in [-0.25, -0.2) is 12.7 Å². The highest BCUT2D eigenvalue weighted by Crippen LogP contribution is 2.57. The lowest BCUT2D eigenvalue weighted by Gasteiger charge is -2.46. The zero-order valence-corrected chi connectivity index (χ0v) is 17.0. The summed E-state index contributed by atoms with van der Waals surface area (Å²) in [6.07, 6.45) is 7.66. The molecule has 3 aliphatic heterocycles. The fourth-order valence-electron chi connectivity index (χ4n) is 5.76. The lowest BCUT2D eigenvalue weighted by Crippen LogP contribution is -2.53. The molecule has 0 radical (unpaired) electrons. The molecule has 8 heteroatoms. The Kier molecular flexibility index (Phi) is 4.30. The van der Waals surface area contributed by atoms with E-state index in [0.717, 1.165) is 63.8 Å². The Hall–Kier alpha value is -1.51. The molecule has 1 N–H and O–H groups in total. The fraction of sp³-hybridized carbons (Fsp3) is 0.700. The molecule has 0 aromatic carbocycles. The van der Waals surface area contributed by atoms with Crippen LogP contribution in [0.3, 0.4) is 0 Å². The van der Waals surface area contributed by atoms with E-state index in [1.54, 1.807) is 10.5 Å². The second-order valence-electron chi connectivity index (χ2n) is 9.02. The fourth-order valence-corrected chi connectivity index (χ4v) is 7.60. The van der Waals surface area contributed by atoms with Gasteiger partial charge >= 0.3 is 0 Å². The van der Waals surface area contributed by atoms with E-state index >= 15 is 0 Å². The maximum atomic E-state index is 13.0. The van der Waals surface area contributed by atoms with Crippen LogP contribution in [0, 0.1) is 10.8 Å². The Labute approximate surface area is 166 Å². The number of aromatic nitrogens is 1. The van der Waals surface area contributed by atoms with E-state index in [2.05, 4.69) is 21.3 Å². The van der Waals surface area contributed by atoms with Gasteiger partial charge in [0.15, 0.2) is 0 Å². The third-order valence-corrected chi connectivity index (χ3v) is 9.82. The topological polar surface area (TPSA) is 82.6 Å². The number of hydrogen-bond donors (Lipinski definition) is 1. The summed E-state index contributed by atoms with van der Waals surface area (Å²) in [5, 5.41) is 2.91. The Balaban J connectivity index is 1.38. The summed E-state index contributed by atoms with van der Waals surface area (Å²) in [6.45, 7) is 4.22. The number of sulfonamides is 1. The third kappa shape index (κ3) is 2.80. The highest BCUT2D eigenvalue weighted by molar-refractivity contribution is 7.90. The molecule has 0 bridgehead atoms. The first-order chi connectivity index (χ1) is 13.5. The summed E-state index contributed by atoms with van der Waals surface area (Å²) in [7, 11) is -3.13. The van der Waals surface area contributed by atoms with E-state index in [4.69, 9.17) is 0 Å². The third-order valence-electron chi connectivity index (χ3n) is 7.42. The average Bonchev–Trinajstić information content (AvgIpc) is 3.43. The predicted octanol–water partition coefficient (Wildman–Crippen LogP) is 0.978. The van der Waals surface area contributed by atoms with Crippen molar-refractivity contribution < 1.29 is 13.2 Å². The van der Waals surface area contributed by atoms with Crippen LogP contribution in [0.4, 0.5) is 0 Å². The summed E-state index contributed by atoms with van der Waals surface area (Å²) >= 11 is 0. The second-order valence-corrected chi connectivity index (χ2v) is 11.2. The van der Waals surface area contributed by atoms with Crippen LogP contribution < -0.4 is 5.32 Å². The molecular weight excluding hydrogens is 376 g/mol. The van der Waals surface area contributed by atoms with Gasteiger partial charge in [0.1, 0.15) is 0 Å². The van der Waals surface area contributed by atoms with Gasteiger partial charge < -0.3 is 5.32 Å². The standard InChI is InChI=1S/C20H28N4O3S/c25-18-20(5-9-22-18)15-23(13-16-2-1-8-21-12-16)14-19(20)6-10-24(11-7-19)28(26,27)17-3-4-17/h1-2,8,12,17H,3-7,9-11,13-15H2,(H,22,25)/t20-/m1/s1. The first-order valence-electron chi connectivity index (χ1n) is 10.3. The van der Waals surface area contributed by atoms with Crippen LogP contribution in [0.2, 0.25) is 0 Å². The highest BCUT2D eigenvalue weighted by atomic mass is 32.2. The maximum absolute atomic E-state index is 13.0. The van der Waals surface area contributed by atoms with Crippen LogP contribution in [0.1, 0.15) is 37.7 Å². The van der Waals surface area contributed by atoms with Crippen molar-refractivity contribution in [3.8, 4) is 0 Å². The molecule has 152 valence electrons. The lowest BCUT2D eigenvalue weighted by molar-refractivity contribution is -0.133. The number of carbonyl (C=O) groups excluding carboxylic acids is 1. The van der Waals surface area contributed by atoms with Gasteiger partial charge in [0, 0.05) is 57.1 Å². The minimum atomic E-state index is -3.13. The van der Waals surface area contributed by atoms with Crippen LogP contribution in [0.5, 0.6) is 0 Å². The van der Waals surface area contributed by atoms with Gasteiger partial charge in [-0.15, -0.1) is 0 Å². The summed E-state index contributed by atoms with van der Waals surface area (Å²) < 4.78 is 27.0. The molecule has 1 aromatic heterocycles. The van der Waals surface area contributed by atoms with Crippen molar-refractivity contribution in [2.45, 2.75) is 43.9 Å². The molecule has 28 heavy (non-hydrogen) atoms. The quantitative estimate of drug-likeness (QED) is 0.809. The molecule has 4 fully saturated rings. The van der Waals surface area contributed by atoms with E-state index in [-0.39, 0.29) is 22.0 Å². The second kappa shape index (κ2) is 6.50. The average molecular weight is 405 g/mol. The molecule has 1 atom stereocenters. The van der Waals surface area contributed by atoms with Gasteiger partial charge in [-0.3, -0.25) is 14.7 Å². The Morgan fingerprint density at radius 2 is 1.96 bits per heavy atom. The minimum absolute atomic E-state index is 0.134. The SMILES string of the molecule is O=C1NCC[C@@]12CN(Cc1cccnc1)CC21CCN(S(=O)(=O)C2CC2)CC1. The number of nitrogens with one attached hydrogen (secondary N) is 1. The zero-order chi connectivity index (χ0) is 19.4. The lowest BCUT2D eigenvalue weighted by atomic mass is 9.60. The maximum Gasteiger partial charge on any atom is 0.228 e. The van der Waals surface area contributed by atoms with Crippen molar-refractivity contribution in [2.75, 3.05) is 32.7 Å². The summed E-state index contributed by atoms with van der Waals surface area (Å²) in [5.41, 5.74) is 0.637. The summed E-state index contributed by atoms with van der Waals surface area (Å²) in [5.74, 6) is 0.166. The van der Waals surface area contributed by atoms with E-state index < -0.39 is 10.0 Å². The van der Waals surface area contributed by atoms with E-state index in [0.29, 0.717) is 13.1 Å². The first kappa shape index (κ1) is 18.5. The Morgan fingerprint density at radius 3 is 2.57 bits per heavy atom. The largest absolute Gasteiger partial charge is 0.356 e. The molecule has 0 unspecified atom stereocenters. The first-order valence-corrected chi connectivity index (χ1v) is 11.8. The van der Waals surface area contributed by atoms with E-state index in [9.17, 15) is 13.2 Å². The van der Waals surface area contributed by atoms with Crippen molar-refractivity contribution in [1.82, 2.24) is 19.5 Å². The van der Waals surface area contributed by atoms with Gasteiger partial charge in [-0.05, 0) is 43.7 Å². The number of likely N-dealkylation sites (tertiary alicyclic amines) is 1. The van der Waals surface area contributed by atoms with Gasteiger partial charge in [-0.2, -0.15) is 0 Å². The van der Waals surface area contributed by atoms with Crippen molar-refractivity contribution in [3.05, 3.63) is 30.1 Å². The van der Waals surface area contributed by atoms with Crippen LogP contribution in [0.15, 0.2) is 24.5 Å². The molecule has 1 aromatic rings. The van der Waals surface area contributed by atoms with Gasteiger partial charge in [-0.1, -0.05) is 6.07 Å². The van der Waals surface area contributed by atoms with Gasteiger partial charge in [0.2, 0.25) is 15.9 Å². The molecule has 4 aliphatic rings. The monoisotopic (exact) mass is 404 g/mol. The van der Waals surface area contributed by atoms with Crippen molar-refractivity contribution in [3.63, 3.8) is 0 Å². The molecule has 1 aliphatic carbocycles. The smallest absolute Gasteiger partial charge is 0.228 e. The van der Waals surface area contributed by atoms with Crippen LogP contribution in [0.25, 0.3) is 0 Å². The van der Waals surface area contributed by atoms with Gasteiger partial charge in [0.05, 0.1) is 10.7 Å². The summed E-state index contributed by atoms with van der Waals surface area (Å²) in [4.78, 5) is 19.6. The van der Waals surface area contributed by atoms with Crippen LogP contribution in [-0.4, -0.2) is 66.5 Å². The number of piperidine rings is 1. The molecule has 1 amide bonds. The molecular formula is C20H28N4O3S. The Bertz CT molecular complexity index is 863. The number of nitrogens with zero attached hydrogens (tertiary/aromatic N) is 3. The van der Waals surface area contributed by atoms with Crippen LogP contribution >= 0.6 is 0 Å². The highest BCUT2D eigenvalue weighted by Gasteiger charge is 2.64. The Morgan fingerprint density at radius 1 is 1.18 bits per heavy atom. The normalized spacial score (nSPS) is 30.9. The molecule has 1 saturated carbocycles. The number of pyridine rings is 1.